The number of hydrogen-bond acceptors (Lipinski definition) is 14. The molecule has 0 saturated carbocycles. The van der Waals surface area contributed by atoms with Crippen molar-refractivity contribution in [2.45, 2.75) is 76.0 Å². The van der Waals surface area contributed by atoms with Crippen LogP contribution in [-0.2, 0) is 44.8 Å². The van der Waals surface area contributed by atoms with E-state index in [0.29, 0.717) is 27.0 Å². The van der Waals surface area contributed by atoms with Crippen LogP contribution < -0.4 is 24.4 Å². The van der Waals surface area contributed by atoms with Crippen LogP contribution in [0.25, 0.3) is 10.8 Å². The Morgan fingerprint density at radius 3 is 1.32 bits per heavy atom. The number of sulfone groups is 2. The number of amides is 4. The Hall–Kier alpha value is -6.27. The molecule has 18 heteroatoms. The SMILES string of the molecule is CCS(=O)(=O)c1cc2c3c4c(S(=O)(=O)CC)cc5c3c1C(=O)N(C5=O)c1cc(C(C)(C)C)ccc1OCCOC(=O)/C=C(/[O-])OCCOc1ccc(C(C)(C)C)cc1N(C2=O)C4=O. The molecule has 332 valence electrons. The Kier molecular flexibility index (Phi) is 11.2. The first-order valence-corrected chi connectivity index (χ1v) is 23.4. The fraction of sp³-hybridized carbons (Fsp3) is 0.356. The quantitative estimate of drug-likeness (QED) is 0.191. The summed E-state index contributed by atoms with van der Waals surface area (Å²) >= 11 is 0. The summed E-state index contributed by atoms with van der Waals surface area (Å²) in [7, 11) is -8.90. The highest BCUT2D eigenvalue weighted by Crippen LogP contribution is 2.48. The molecular formula is C45H45N2O14S2-. The van der Waals surface area contributed by atoms with E-state index in [1.54, 1.807) is 12.1 Å². The molecule has 8 bridgehead atoms. The second-order valence-electron chi connectivity index (χ2n) is 17.1. The summed E-state index contributed by atoms with van der Waals surface area (Å²) in [5.41, 5.74) is -2.33. The van der Waals surface area contributed by atoms with Gasteiger partial charge in [0, 0.05) is 23.5 Å². The zero-order valence-corrected chi connectivity index (χ0v) is 37.5. The first-order valence-electron chi connectivity index (χ1n) is 20.1. The van der Waals surface area contributed by atoms with Gasteiger partial charge in [-0.05, 0) is 58.4 Å². The van der Waals surface area contributed by atoms with Gasteiger partial charge in [0.05, 0.1) is 67.5 Å². The van der Waals surface area contributed by atoms with Gasteiger partial charge in [-0.3, -0.25) is 19.2 Å². The molecule has 6 heterocycles. The minimum atomic E-state index is -4.45. The molecule has 4 amide bonds. The molecule has 0 saturated heterocycles. The highest BCUT2D eigenvalue weighted by Gasteiger charge is 2.47. The van der Waals surface area contributed by atoms with Gasteiger partial charge < -0.3 is 24.1 Å². The molecule has 0 aliphatic carbocycles. The number of rotatable bonds is 4. The van der Waals surface area contributed by atoms with Crippen LogP contribution in [0.1, 0.15) is 108 Å². The van der Waals surface area contributed by atoms with E-state index in [9.17, 15) is 26.7 Å². The van der Waals surface area contributed by atoms with Gasteiger partial charge in [0.25, 0.3) is 23.6 Å². The van der Waals surface area contributed by atoms with E-state index in [1.807, 2.05) is 41.5 Å². The summed E-state index contributed by atoms with van der Waals surface area (Å²) in [6, 6.07) is 11.2. The summed E-state index contributed by atoms with van der Waals surface area (Å²) in [6.45, 7) is 12.3. The molecule has 10 rings (SSSR count). The molecule has 63 heavy (non-hydrogen) atoms. The highest BCUT2D eigenvalue weighted by atomic mass is 32.2. The lowest BCUT2D eigenvalue weighted by Crippen LogP contribution is -2.45. The van der Waals surface area contributed by atoms with Crippen molar-refractivity contribution in [1.29, 1.82) is 0 Å². The normalized spacial score (nSPS) is 17.3. The summed E-state index contributed by atoms with van der Waals surface area (Å²) in [4.78, 5) is 73.1. The molecule has 0 atom stereocenters. The minimum absolute atomic E-state index is 0.0906. The molecule has 4 aromatic carbocycles. The third-order valence-corrected chi connectivity index (χ3v) is 14.5. The van der Waals surface area contributed by atoms with Gasteiger partial charge in [0.15, 0.2) is 19.7 Å². The third-order valence-electron chi connectivity index (χ3n) is 11.0. The minimum Gasteiger partial charge on any atom is -0.610 e. The van der Waals surface area contributed by atoms with E-state index < -0.39 is 123 Å². The maximum Gasteiger partial charge on any atom is 0.332 e. The average Bonchev–Trinajstić information content (AvgIpc) is 3.21. The van der Waals surface area contributed by atoms with Crippen LogP contribution in [-0.4, -0.2) is 84.4 Å². The number of carbonyl (C=O) groups excluding carboxylic acids is 5. The molecule has 0 fully saturated rings. The maximum absolute atomic E-state index is 15.2. The van der Waals surface area contributed by atoms with Crippen molar-refractivity contribution < 1.29 is 64.9 Å². The number of carbonyl (C=O) groups is 5. The van der Waals surface area contributed by atoms with Crippen LogP contribution in [0.3, 0.4) is 0 Å². The lowest BCUT2D eigenvalue weighted by molar-refractivity contribution is -0.357. The van der Waals surface area contributed by atoms with Gasteiger partial charge in [0.2, 0.25) is 0 Å². The standard InChI is InChI=1S/C45H46N2O14S2/c1-9-62(54,55)32-21-26-37-36-27-22-33(63(56,57)10-2)39(37)43(53)47(40(26)50)29-20-25(45(6,7)8)12-14-31(29)59-16-18-61-35(49)23-34(48)60-17-15-58-30-13-11-24(44(3,4)5)19-28(30)46(41(27)51)42(52)38(32)36/h11-14,19-23,48H,9-10,15-18H2,1-8H3/p-1/b34-23-. The topological polar surface area (TPSA) is 220 Å². The van der Waals surface area contributed by atoms with Crippen molar-refractivity contribution in [2.75, 3.05) is 47.7 Å². The lowest BCUT2D eigenvalue weighted by Gasteiger charge is -2.35. The van der Waals surface area contributed by atoms with Crippen molar-refractivity contribution >= 4 is 71.4 Å². The van der Waals surface area contributed by atoms with Gasteiger partial charge in [-0.25, -0.2) is 31.4 Å². The van der Waals surface area contributed by atoms with E-state index >= 15 is 19.2 Å². The van der Waals surface area contributed by atoms with E-state index in [-0.39, 0.29) is 46.9 Å². The summed E-state index contributed by atoms with van der Waals surface area (Å²) in [5.74, 6) is -7.96. The summed E-state index contributed by atoms with van der Waals surface area (Å²) in [6.07, 6.45) is 0.569. The maximum atomic E-state index is 15.2. The summed E-state index contributed by atoms with van der Waals surface area (Å²) in [5, 5.41) is 11.8. The Morgan fingerprint density at radius 2 is 0.937 bits per heavy atom. The number of imide groups is 2. The van der Waals surface area contributed by atoms with Crippen LogP contribution in [0.2, 0.25) is 0 Å². The number of benzene rings is 4. The first-order chi connectivity index (χ1) is 29.4. The van der Waals surface area contributed by atoms with Crippen molar-refractivity contribution in [2.24, 2.45) is 0 Å². The number of anilines is 2. The van der Waals surface area contributed by atoms with Gasteiger partial charge in [0.1, 0.15) is 24.7 Å². The van der Waals surface area contributed by atoms with Crippen LogP contribution in [0.4, 0.5) is 11.4 Å². The third kappa shape index (κ3) is 7.79. The molecule has 6 aliphatic rings. The van der Waals surface area contributed by atoms with E-state index in [2.05, 4.69) is 0 Å². The molecule has 4 aromatic rings. The molecule has 0 radical (unpaired) electrons. The zero-order chi connectivity index (χ0) is 46.1. The van der Waals surface area contributed by atoms with E-state index in [4.69, 9.17) is 18.9 Å². The van der Waals surface area contributed by atoms with Crippen molar-refractivity contribution in [3.63, 3.8) is 0 Å². The van der Waals surface area contributed by atoms with Crippen LogP contribution in [0.5, 0.6) is 11.5 Å². The molecule has 0 spiro atoms. The highest BCUT2D eigenvalue weighted by molar-refractivity contribution is 7.91. The zero-order valence-electron chi connectivity index (χ0n) is 35.9. The smallest absolute Gasteiger partial charge is 0.332 e. The number of hydrogen-bond donors (Lipinski definition) is 0. The Balaban J connectivity index is 1.61. The van der Waals surface area contributed by atoms with Crippen LogP contribution in [0.15, 0.2) is 70.3 Å². The predicted molar refractivity (Wildman–Crippen MR) is 228 cm³/mol. The van der Waals surface area contributed by atoms with Gasteiger partial charge in [-0.2, -0.15) is 0 Å². The lowest BCUT2D eigenvalue weighted by atomic mass is 9.84. The predicted octanol–water partition coefficient (Wildman–Crippen LogP) is 5.16. The Morgan fingerprint density at radius 1 is 0.556 bits per heavy atom. The largest absolute Gasteiger partial charge is 0.610 e. The average molecular weight is 902 g/mol. The molecule has 16 nitrogen and oxygen atoms in total. The molecule has 6 aliphatic heterocycles. The molecule has 0 aromatic heterocycles. The number of fused-ring (bicyclic) bond motifs is 2. The van der Waals surface area contributed by atoms with E-state index in [1.165, 1.54) is 38.1 Å². The second-order valence-corrected chi connectivity index (χ2v) is 21.6. The van der Waals surface area contributed by atoms with Gasteiger partial charge in [-0.15, -0.1) is 0 Å². The number of ether oxygens (including phenoxy) is 4. The Labute approximate surface area is 364 Å². The molecule has 0 unspecified atom stereocenters. The monoisotopic (exact) mass is 901 g/mol. The van der Waals surface area contributed by atoms with Crippen molar-refractivity contribution in [3.8, 4) is 11.5 Å². The Bertz CT molecular complexity index is 2940. The second kappa shape index (κ2) is 15.8. The van der Waals surface area contributed by atoms with Crippen LogP contribution in [0, 0.1) is 0 Å². The van der Waals surface area contributed by atoms with Gasteiger partial charge >= 0.3 is 5.97 Å². The fourth-order valence-corrected chi connectivity index (χ4v) is 9.78. The van der Waals surface area contributed by atoms with Crippen LogP contribution >= 0.6 is 0 Å². The summed E-state index contributed by atoms with van der Waals surface area (Å²) < 4.78 is 79.0. The van der Waals surface area contributed by atoms with Gasteiger partial charge in [-0.1, -0.05) is 67.5 Å². The fourth-order valence-electron chi connectivity index (χ4n) is 7.56. The van der Waals surface area contributed by atoms with Crippen molar-refractivity contribution in [3.05, 3.63) is 93.9 Å². The first kappa shape index (κ1) is 44.8. The molecular weight excluding hydrogens is 857 g/mol. The number of nitrogens with zero attached hydrogens (tertiary/aromatic N) is 2. The molecule has 0 N–H and O–H groups in total. The number of esters is 1. The van der Waals surface area contributed by atoms with Crippen molar-refractivity contribution in [1.82, 2.24) is 0 Å². The van der Waals surface area contributed by atoms with E-state index in [0.717, 1.165) is 12.1 Å².